The van der Waals surface area contributed by atoms with E-state index in [2.05, 4.69) is 15.0 Å². The second-order valence-corrected chi connectivity index (χ2v) is 6.55. The topological polar surface area (TPSA) is 86.7 Å². The quantitative estimate of drug-likeness (QED) is 0.452. The second kappa shape index (κ2) is 6.18. The van der Waals surface area contributed by atoms with Crippen LogP contribution in [0.3, 0.4) is 0 Å². The van der Waals surface area contributed by atoms with Gasteiger partial charge in [-0.2, -0.15) is 0 Å². The third-order valence-corrected chi connectivity index (χ3v) is 4.98. The van der Waals surface area contributed by atoms with Gasteiger partial charge in [0.2, 0.25) is 0 Å². The molecule has 0 saturated carbocycles. The molecule has 124 valence electrons. The van der Waals surface area contributed by atoms with Gasteiger partial charge < -0.3 is 5.73 Å². The summed E-state index contributed by atoms with van der Waals surface area (Å²) in [6.45, 7) is 0. The predicted molar refractivity (Wildman–Crippen MR) is 100 cm³/mol. The highest BCUT2D eigenvalue weighted by molar-refractivity contribution is 7.98. The monoisotopic (exact) mass is 349 g/mol. The molecule has 6 nitrogen and oxygen atoms in total. The van der Waals surface area contributed by atoms with Gasteiger partial charge in [-0.25, -0.2) is 15.0 Å². The molecule has 0 spiro atoms. The van der Waals surface area contributed by atoms with Crippen molar-refractivity contribution in [2.75, 3.05) is 5.73 Å². The van der Waals surface area contributed by atoms with Crippen molar-refractivity contribution in [1.82, 2.24) is 19.5 Å². The van der Waals surface area contributed by atoms with Crippen LogP contribution in [0.4, 0.5) is 5.82 Å². The number of hydrogen-bond donors (Lipinski definition) is 1. The van der Waals surface area contributed by atoms with Gasteiger partial charge in [0.25, 0.3) is 5.56 Å². The molecule has 0 saturated heterocycles. The lowest BCUT2D eigenvalue weighted by Gasteiger charge is -2.09. The van der Waals surface area contributed by atoms with Gasteiger partial charge in [0.05, 0.1) is 22.2 Å². The van der Waals surface area contributed by atoms with Crippen LogP contribution in [-0.2, 0) is 12.8 Å². The fourth-order valence-electron chi connectivity index (χ4n) is 2.67. The molecule has 4 rings (SSSR count). The minimum atomic E-state index is -0.0629. The molecule has 0 aliphatic heterocycles. The molecule has 0 radical (unpaired) electrons. The largest absolute Gasteiger partial charge is 0.383 e. The lowest BCUT2D eigenvalue weighted by molar-refractivity contribution is 0.725. The number of para-hydroxylation sites is 2. The molecule has 2 aromatic carbocycles. The first kappa shape index (κ1) is 15.6. The fourth-order valence-corrected chi connectivity index (χ4v) is 3.50. The van der Waals surface area contributed by atoms with Crippen LogP contribution in [0.1, 0.15) is 5.82 Å². The number of rotatable bonds is 3. The highest BCUT2D eigenvalue weighted by atomic mass is 32.2. The van der Waals surface area contributed by atoms with E-state index < -0.39 is 0 Å². The number of nitrogens with zero attached hydrogens (tertiary/aromatic N) is 4. The summed E-state index contributed by atoms with van der Waals surface area (Å²) in [7, 11) is 1.72. The van der Waals surface area contributed by atoms with Gasteiger partial charge in [0.15, 0.2) is 5.16 Å². The summed E-state index contributed by atoms with van der Waals surface area (Å²) in [5.74, 6) is 1.55. The van der Waals surface area contributed by atoms with Gasteiger partial charge in [-0.05, 0) is 24.3 Å². The lowest BCUT2D eigenvalue weighted by atomic mass is 10.2. The number of fused-ring (bicyclic) bond motifs is 2. The Morgan fingerprint density at radius 2 is 1.60 bits per heavy atom. The summed E-state index contributed by atoms with van der Waals surface area (Å²) < 4.78 is 1.55. The Balaban J connectivity index is 1.69. The van der Waals surface area contributed by atoms with Crippen molar-refractivity contribution in [3.63, 3.8) is 0 Å². The van der Waals surface area contributed by atoms with Crippen molar-refractivity contribution in [3.8, 4) is 0 Å². The molecule has 2 heterocycles. The molecule has 0 atom stereocenters. The molecule has 2 N–H and O–H groups in total. The number of thioether (sulfide) groups is 1. The Morgan fingerprint density at radius 3 is 2.36 bits per heavy atom. The van der Waals surface area contributed by atoms with Crippen LogP contribution in [0.15, 0.2) is 58.5 Å². The standard InChI is InChI=1S/C18H15N5OS/c1-23-17(24)12-7-3-5-9-14(12)21-18(23)25-10-15-20-13-8-4-2-6-11(13)16(19)22-15/h2-9H,10H2,1H3,(H2,19,20,22). The van der Waals surface area contributed by atoms with E-state index in [1.807, 2.05) is 42.5 Å². The van der Waals surface area contributed by atoms with Crippen LogP contribution in [0.2, 0.25) is 0 Å². The zero-order chi connectivity index (χ0) is 17.4. The van der Waals surface area contributed by atoms with E-state index in [1.165, 1.54) is 11.8 Å². The van der Waals surface area contributed by atoms with Crippen molar-refractivity contribution >= 4 is 39.4 Å². The number of hydrogen-bond acceptors (Lipinski definition) is 6. The smallest absolute Gasteiger partial charge is 0.261 e. The van der Waals surface area contributed by atoms with Gasteiger partial charge in [0, 0.05) is 12.4 Å². The van der Waals surface area contributed by atoms with Crippen LogP contribution >= 0.6 is 11.8 Å². The highest BCUT2D eigenvalue weighted by Crippen LogP contribution is 2.23. The Morgan fingerprint density at radius 1 is 0.960 bits per heavy atom. The average molecular weight is 349 g/mol. The van der Waals surface area contributed by atoms with Gasteiger partial charge in [-0.3, -0.25) is 9.36 Å². The van der Waals surface area contributed by atoms with E-state index in [4.69, 9.17) is 5.73 Å². The molecule has 0 bridgehead atoms. The van der Waals surface area contributed by atoms with Crippen molar-refractivity contribution in [2.24, 2.45) is 7.05 Å². The zero-order valence-electron chi connectivity index (χ0n) is 13.5. The zero-order valence-corrected chi connectivity index (χ0v) is 14.3. The summed E-state index contributed by atoms with van der Waals surface area (Å²) in [5, 5.41) is 2.08. The Bertz CT molecular complexity index is 1160. The molecule has 0 aliphatic rings. The van der Waals surface area contributed by atoms with Gasteiger partial charge >= 0.3 is 0 Å². The second-order valence-electron chi connectivity index (χ2n) is 5.61. The normalized spacial score (nSPS) is 11.2. The number of benzene rings is 2. The van der Waals surface area contributed by atoms with E-state index >= 15 is 0 Å². The summed E-state index contributed by atoms with van der Waals surface area (Å²) in [6, 6.07) is 15.0. The predicted octanol–water partition coefficient (Wildman–Crippen LogP) is 2.75. The van der Waals surface area contributed by atoms with E-state index in [-0.39, 0.29) is 5.56 Å². The average Bonchev–Trinajstić information content (AvgIpc) is 2.63. The van der Waals surface area contributed by atoms with Crippen LogP contribution in [0, 0.1) is 0 Å². The molecule has 0 amide bonds. The van der Waals surface area contributed by atoms with Crippen molar-refractivity contribution in [2.45, 2.75) is 10.9 Å². The summed E-state index contributed by atoms with van der Waals surface area (Å²) in [5.41, 5.74) is 7.46. The fraction of sp³-hybridized carbons (Fsp3) is 0.111. The first-order chi connectivity index (χ1) is 12.1. The molecule has 4 aromatic rings. The van der Waals surface area contributed by atoms with E-state index in [9.17, 15) is 4.79 Å². The van der Waals surface area contributed by atoms with Crippen LogP contribution in [0.5, 0.6) is 0 Å². The van der Waals surface area contributed by atoms with Crippen LogP contribution in [-0.4, -0.2) is 19.5 Å². The Labute approximate surface area is 147 Å². The van der Waals surface area contributed by atoms with Gasteiger partial charge in [0.1, 0.15) is 11.6 Å². The van der Waals surface area contributed by atoms with Crippen LogP contribution in [0.25, 0.3) is 21.8 Å². The molecular formula is C18H15N5OS. The number of aromatic nitrogens is 4. The first-order valence-corrected chi connectivity index (χ1v) is 8.72. The molecule has 25 heavy (non-hydrogen) atoms. The van der Waals surface area contributed by atoms with Crippen molar-refractivity contribution < 1.29 is 0 Å². The molecule has 0 aliphatic carbocycles. The molecular weight excluding hydrogens is 334 g/mol. The van der Waals surface area contributed by atoms with E-state index in [0.29, 0.717) is 33.5 Å². The van der Waals surface area contributed by atoms with Crippen molar-refractivity contribution in [3.05, 3.63) is 64.7 Å². The number of nitrogen functional groups attached to an aromatic ring is 1. The van der Waals surface area contributed by atoms with Gasteiger partial charge in [-0.1, -0.05) is 36.0 Å². The summed E-state index contributed by atoms with van der Waals surface area (Å²) in [6.07, 6.45) is 0. The summed E-state index contributed by atoms with van der Waals surface area (Å²) in [4.78, 5) is 25.9. The van der Waals surface area contributed by atoms with E-state index in [1.54, 1.807) is 17.7 Å². The maximum Gasteiger partial charge on any atom is 0.261 e. The SMILES string of the molecule is Cn1c(SCc2nc(N)c3ccccc3n2)nc2ccccc2c1=O. The van der Waals surface area contributed by atoms with Crippen LogP contribution < -0.4 is 11.3 Å². The molecule has 7 heteroatoms. The number of anilines is 1. The highest BCUT2D eigenvalue weighted by Gasteiger charge is 2.10. The third-order valence-electron chi connectivity index (χ3n) is 3.95. The summed E-state index contributed by atoms with van der Waals surface area (Å²) >= 11 is 1.42. The van der Waals surface area contributed by atoms with Gasteiger partial charge in [-0.15, -0.1) is 0 Å². The number of nitrogens with two attached hydrogens (primary N) is 1. The maximum absolute atomic E-state index is 12.4. The lowest BCUT2D eigenvalue weighted by Crippen LogP contribution is -2.20. The molecule has 0 unspecified atom stereocenters. The first-order valence-electron chi connectivity index (χ1n) is 7.73. The third kappa shape index (κ3) is 2.83. The van der Waals surface area contributed by atoms with Crippen molar-refractivity contribution in [1.29, 1.82) is 0 Å². The van der Waals surface area contributed by atoms with E-state index in [0.717, 1.165) is 10.9 Å². The molecule has 0 fully saturated rings. The minimum Gasteiger partial charge on any atom is -0.383 e. The minimum absolute atomic E-state index is 0.0629. The maximum atomic E-state index is 12.4. The Kier molecular flexibility index (Phi) is 3.85. The molecule has 2 aromatic heterocycles. The Hall–Kier alpha value is -2.93.